The van der Waals surface area contributed by atoms with Gasteiger partial charge in [-0.2, -0.15) is 5.10 Å². The highest BCUT2D eigenvalue weighted by Gasteiger charge is 2.10. The van der Waals surface area contributed by atoms with Gasteiger partial charge in [-0.3, -0.25) is 0 Å². The lowest BCUT2D eigenvalue weighted by atomic mass is 10.4. The molecular weight excluding hydrogens is 220 g/mol. The van der Waals surface area contributed by atoms with E-state index < -0.39 is 0 Å². The van der Waals surface area contributed by atoms with Crippen LogP contribution >= 0.6 is 11.3 Å². The van der Waals surface area contributed by atoms with E-state index in [1.54, 1.807) is 17.7 Å². The van der Waals surface area contributed by atoms with Crippen LogP contribution in [0.4, 0.5) is 0 Å². The van der Waals surface area contributed by atoms with Crippen molar-refractivity contribution in [3.05, 3.63) is 35.2 Å². The van der Waals surface area contributed by atoms with Crippen LogP contribution in [0.2, 0.25) is 0 Å². The first kappa shape index (κ1) is 9.47. The van der Waals surface area contributed by atoms with Crippen molar-refractivity contribution in [1.29, 1.82) is 0 Å². The van der Waals surface area contributed by atoms with Gasteiger partial charge >= 0.3 is 0 Å². The van der Waals surface area contributed by atoms with Gasteiger partial charge in [0.2, 0.25) is 0 Å². The highest BCUT2D eigenvalue weighted by atomic mass is 32.1. The maximum Gasteiger partial charge on any atom is 0.174 e. The molecule has 0 aliphatic heterocycles. The van der Waals surface area contributed by atoms with Crippen LogP contribution < -0.4 is 0 Å². The molecule has 0 saturated heterocycles. The van der Waals surface area contributed by atoms with E-state index in [9.17, 15) is 0 Å². The molecule has 0 fully saturated rings. The van der Waals surface area contributed by atoms with Gasteiger partial charge in [0.05, 0.1) is 15.9 Å². The van der Waals surface area contributed by atoms with Crippen LogP contribution in [0.25, 0.3) is 16.0 Å². The van der Waals surface area contributed by atoms with Gasteiger partial charge in [0.1, 0.15) is 6.33 Å². The Morgan fingerprint density at radius 3 is 2.88 bits per heavy atom. The Kier molecular flexibility index (Phi) is 2.00. The third-order valence-electron chi connectivity index (χ3n) is 2.43. The molecule has 0 amide bonds. The van der Waals surface area contributed by atoms with Crippen molar-refractivity contribution < 1.29 is 0 Å². The van der Waals surface area contributed by atoms with Gasteiger partial charge in [-0.05, 0) is 31.4 Å². The van der Waals surface area contributed by atoms with Gasteiger partial charge in [0, 0.05) is 5.69 Å². The summed E-state index contributed by atoms with van der Waals surface area (Å²) in [5, 5.41) is 6.47. The highest BCUT2D eigenvalue weighted by molar-refractivity contribution is 7.17. The Labute approximate surface area is 96.6 Å². The molecule has 0 aliphatic rings. The van der Waals surface area contributed by atoms with Crippen molar-refractivity contribution in [1.82, 2.24) is 19.7 Å². The number of aryl methyl sites for hydroxylation is 2. The van der Waals surface area contributed by atoms with Crippen LogP contribution in [-0.4, -0.2) is 19.7 Å². The first-order valence-electron chi connectivity index (χ1n) is 4.97. The van der Waals surface area contributed by atoms with E-state index >= 15 is 0 Å². The van der Waals surface area contributed by atoms with E-state index in [2.05, 4.69) is 15.1 Å². The van der Waals surface area contributed by atoms with E-state index in [1.807, 2.05) is 36.0 Å². The predicted octanol–water partition coefficient (Wildman–Crippen LogP) is 2.49. The molecule has 0 N–H and O–H groups in total. The zero-order chi connectivity index (χ0) is 11.1. The molecule has 16 heavy (non-hydrogen) atoms. The van der Waals surface area contributed by atoms with Crippen LogP contribution in [0, 0.1) is 13.8 Å². The first-order chi connectivity index (χ1) is 7.75. The van der Waals surface area contributed by atoms with E-state index in [0.29, 0.717) is 0 Å². The largest absolute Gasteiger partial charge is 0.235 e. The minimum atomic E-state index is 0.866. The molecule has 0 spiro atoms. The summed E-state index contributed by atoms with van der Waals surface area (Å²) in [6.45, 7) is 4.01. The molecule has 3 aromatic rings. The molecule has 0 atom stereocenters. The SMILES string of the molecule is Cc1cc(C)n(-c2ncnc3ccsc23)n1. The Balaban J connectivity index is 2.33. The fourth-order valence-corrected chi connectivity index (χ4v) is 2.59. The first-order valence-corrected chi connectivity index (χ1v) is 5.85. The number of hydrogen-bond acceptors (Lipinski definition) is 4. The number of hydrogen-bond donors (Lipinski definition) is 0. The molecule has 0 bridgehead atoms. The van der Waals surface area contributed by atoms with Gasteiger partial charge in [0.15, 0.2) is 5.82 Å². The quantitative estimate of drug-likeness (QED) is 0.645. The number of fused-ring (bicyclic) bond motifs is 1. The summed E-state index contributed by atoms with van der Waals surface area (Å²) >= 11 is 1.64. The number of rotatable bonds is 1. The van der Waals surface area contributed by atoms with E-state index in [4.69, 9.17) is 0 Å². The molecule has 5 heteroatoms. The number of aromatic nitrogens is 4. The van der Waals surface area contributed by atoms with Crippen LogP contribution in [0.5, 0.6) is 0 Å². The van der Waals surface area contributed by atoms with Crippen molar-refractivity contribution in [3.8, 4) is 5.82 Å². The number of nitrogens with zero attached hydrogens (tertiary/aromatic N) is 4. The molecule has 0 aliphatic carbocycles. The molecular formula is C11H10N4S. The minimum Gasteiger partial charge on any atom is -0.235 e. The smallest absolute Gasteiger partial charge is 0.174 e. The van der Waals surface area contributed by atoms with Crippen LogP contribution in [0.1, 0.15) is 11.4 Å². The molecule has 3 heterocycles. The normalized spacial score (nSPS) is 11.1. The van der Waals surface area contributed by atoms with Gasteiger partial charge < -0.3 is 0 Å². The lowest BCUT2D eigenvalue weighted by molar-refractivity contribution is 0.811. The Hall–Kier alpha value is -1.75. The summed E-state index contributed by atoms with van der Waals surface area (Å²) in [6, 6.07) is 4.04. The van der Waals surface area contributed by atoms with Crippen LogP contribution in [0.15, 0.2) is 23.8 Å². The van der Waals surface area contributed by atoms with E-state index in [-0.39, 0.29) is 0 Å². The second kappa shape index (κ2) is 3.38. The fraction of sp³-hybridized carbons (Fsp3) is 0.182. The maximum atomic E-state index is 4.44. The molecule has 0 aromatic carbocycles. The maximum absolute atomic E-state index is 4.44. The highest BCUT2D eigenvalue weighted by Crippen LogP contribution is 2.24. The second-order valence-corrected chi connectivity index (χ2v) is 4.59. The molecule has 3 rings (SSSR count). The molecule has 0 unspecified atom stereocenters. The van der Waals surface area contributed by atoms with Gasteiger partial charge in [-0.25, -0.2) is 14.6 Å². The minimum absolute atomic E-state index is 0.866. The summed E-state index contributed by atoms with van der Waals surface area (Å²) < 4.78 is 2.95. The lowest BCUT2D eigenvalue weighted by Crippen LogP contribution is -2.02. The monoisotopic (exact) mass is 230 g/mol. The van der Waals surface area contributed by atoms with Crippen LogP contribution in [0.3, 0.4) is 0 Å². The van der Waals surface area contributed by atoms with Crippen LogP contribution in [-0.2, 0) is 0 Å². The average molecular weight is 230 g/mol. The molecule has 80 valence electrons. The van der Waals surface area contributed by atoms with E-state index in [1.165, 1.54) is 0 Å². The Morgan fingerprint density at radius 1 is 1.25 bits per heavy atom. The molecule has 0 saturated carbocycles. The third-order valence-corrected chi connectivity index (χ3v) is 3.33. The molecule has 3 aromatic heterocycles. The van der Waals surface area contributed by atoms with Crippen molar-refractivity contribution >= 4 is 21.6 Å². The zero-order valence-corrected chi connectivity index (χ0v) is 9.82. The average Bonchev–Trinajstić information content (AvgIpc) is 2.84. The van der Waals surface area contributed by atoms with Gasteiger partial charge in [-0.15, -0.1) is 11.3 Å². The van der Waals surface area contributed by atoms with Crippen molar-refractivity contribution in [3.63, 3.8) is 0 Å². The number of thiophene rings is 1. The lowest BCUT2D eigenvalue weighted by Gasteiger charge is -2.03. The summed E-state index contributed by atoms with van der Waals surface area (Å²) in [5.74, 6) is 0.866. The Bertz CT molecular complexity index is 653. The molecule has 0 radical (unpaired) electrons. The molecule has 4 nitrogen and oxygen atoms in total. The van der Waals surface area contributed by atoms with Gasteiger partial charge in [-0.1, -0.05) is 0 Å². The van der Waals surface area contributed by atoms with Crippen molar-refractivity contribution in [2.45, 2.75) is 13.8 Å². The third kappa shape index (κ3) is 1.32. The van der Waals surface area contributed by atoms with E-state index in [0.717, 1.165) is 27.4 Å². The Morgan fingerprint density at radius 2 is 2.12 bits per heavy atom. The summed E-state index contributed by atoms with van der Waals surface area (Å²) in [6.07, 6.45) is 1.58. The van der Waals surface area contributed by atoms with Crippen molar-refractivity contribution in [2.75, 3.05) is 0 Å². The summed E-state index contributed by atoms with van der Waals surface area (Å²) in [4.78, 5) is 8.55. The van der Waals surface area contributed by atoms with Gasteiger partial charge in [0.25, 0.3) is 0 Å². The van der Waals surface area contributed by atoms with Crippen molar-refractivity contribution in [2.24, 2.45) is 0 Å². The zero-order valence-electron chi connectivity index (χ0n) is 9.01. The summed E-state index contributed by atoms with van der Waals surface area (Å²) in [7, 11) is 0. The predicted molar refractivity (Wildman–Crippen MR) is 64.0 cm³/mol. The fourth-order valence-electron chi connectivity index (χ4n) is 1.77. The second-order valence-electron chi connectivity index (χ2n) is 3.67. The topological polar surface area (TPSA) is 43.6 Å². The summed E-state index contributed by atoms with van der Waals surface area (Å²) in [5.41, 5.74) is 3.06. The standard InChI is InChI=1S/C11H10N4S/c1-7-5-8(2)15(14-7)11-10-9(3-4-16-10)12-6-13-11/h3-6H,1-2H3.